The number of benzene rings is 1. The fourth-order valence-corrected chi connectivity index (χ4v) is 4.20. The molecule has 3 heteroatoms. The molecular formula is C17H25NOS. The first-order chi connectivity index (χ1) is 9.92. The topological polar surface area (TPSA) is 21.3 Å². The van der Waals surface area contributed by atoms with E-state index in [4.69, 9.17) is 4.74 Å². The highest BCUT2D eigenvalue weighted by molar-refractivity contribution is 7.99. The first-order valence-electron chi connectivity index (χ1n) is 7.95. The number of hydrogen-bond donors (Lipinski definition) is 1. The van der Waals surface area contributed by atoms with E-state index in [2.05, 4.69) is 29.6 Å². The van der Waals surface area contributed by atoms with Gasteiger partial charge in [0.05, 0.1) is 0 Å². The van der Waals surface area contributed by atoms with E-state index >= 15 is 0 Å². The summed E-state index contributed by atoms with van der Waals surface area (Å²) in [6.07, 6.45) is 6.71. The molecule has 2 aliphatic heterocycles. The van der Waals surface area contributed by atoms with Gasteiger partial charge in [-0.25, -0.2) is 0 Å². The molecule has 2 saturated heterocycles. The summed E-state index contributed by atoms with van der Waals surface area (Å²) in [6.45, 7) is 2.35. The average Bonchev–Trinajstić information content (AvgIpc) is 2.51. The van der Waals surface area contributed by atoms with Crippen molar-refractivity contribution in [2.45, 2.75) is 38.2 Å². The molecule has 1 aromatic rings. The number of nitrogens with one attached hydrogen (secondary N) is 1. The van der Waals surface area contributed by atoms with Gasteiger partial charge in [-0.1, -0.05) is 18.2 Å². The summed E-state index contributed by atoms with van der Waals surface area (Å²) < 4.78 is 6.29. The predicted octanol–water partition coefficient (Wildman–Crippen LogP) is 3.50. The van der Waals surface area contributed by atoms with E-state index in [0.29, 0.717) is 6.10 Å². The maximum Gasteiger partial charge on any atom is 0.122 e. The Bertz CT molecular complexity index is 372. The second-order valence-electron chi connectivity index (χ2n) is 5.96. The van der Waals surface area contributed by atoms with E-state index in [9.17, 15) is 0 Å². The van der Waals surface area contributed by atoms with Crippen LogP contribution in [0.4, 0.5) is 0 Å². The summed E-state index contributed by atoms with van der Waals surface area (Å²) in [5.74, 6) is 4.42. The smallest absolute Gasteiger partial charge is 0.122 e. The normalized spacial score (nSPS) is 24.5. The van der Waals surface area contributed by atoms with Crippen LogP contribution in [-0.4, -0.2) is 30.7 Å². The van der Waals surface area contributed by atoms with Crippen molar-refractivity contribution in [1.29, 1.82) is 0 Å². The third-order valence-electron chi connectivity index (χ3n) is 4.35. The van der Waals surface area contributed by atoms with E-state index in [-0.39, 0.29) is 0 Å². The minimum Gasteiger partial charge on any atom is -0.489 e. The molecule has 2 fully saturated rings. The van der Waals surface area contributed by atoms with Gasteiger partial charge in [-0.2, -0.15) is 11.8 Å². The molecule has 0 aromatic heterocycles. The summed E-state index contributed by atoms with van der Waals surface area (Å²) in [6, 6.07) is 8.68. The Morgan fingerprint density at radius 2 is 2.00 bits per heavy atom. The van der Waals surface area contributed by atoms with Crippen LogP contribution in [-0.2, 0) is 6.42 Å². The van der Waals surface area contributed by atoms with Gasteiger partial charge in [-0.3, -0.25) is 0 Å². The maximum absolute atomic E-state index is 6.29. The predicted molar refractivity (Wildman–Crippen MR) is 86.7 cm³/mol. The minimum atomic E-state index is 0.419. The fourth-order valence-electron chi connectivity index (χ4n) is 3.17. The van der Waals surface area contributed by atoms with Crippen LogP contribution < -0.4 is 10.1 Å². The van der Waals surface area contributed by atoms with Gasteiger partial charge in [0, 0.05) is 5.75 Å². The van der Waals surface area contributed by atoms with Crippen LogP contribution >= 0.6 is 11.8 Å². The Labute approximate surface area is 126 Å². The van der Waals surface area contributed by atoms with Gasteiger partial charge in [-0.05, 0) is 68.5 Å². The largest absolute Gasteiger partial charge is 0.489 e. The van der Waals surface area contributed by atoms with Crippen molar-refractivity contribution >= 4 is 11.8 Å². The molecule has 1 atom stereocenters. The summed E-state index contributed by atoms with van der Waals surface area (Å²) in [5.41, 5.74) is 1.41. The van der Waals surface area contributed by atoms with Crippen LogP contribution in [0.5, 0.6) is 5.75 Å². The molecule has 0 amide bonds. The number of para-hydroxylation sites is 1. The Morgan fingerprint density at radius 1 is 1.15 bits per heavy atom. The third-order valence-corrected chi connectivity index (χ3v) is 5.54. The molecule has 0 aliphatic carbocycles. The van der Waals surface area contributed by atoms with Gasteiger partial charge in [-0.15, -0.1) is 0 Å². The minimum absolute atomic E-state index is 0.419. The molecular weight excluding hydrogens is 266 g/mol. The first-order valence-corrected chi connectivity index (χ1v) is 9.10. The Morgan fingerprint density at radius 3 is 2.80 bits per heavy atom. The Kier molecular flexibility index (Phi) is 5.26. The maximum atomic E-state index is 6.29. The number of thioether (sulfide) groups is 1. The van der Waals surface area contributed by atoms with Crippen molar-refractivity contribution in [2.24, 2.45) is 5.92 Å². The van der Waals surface area contributed by atoms with Crippen LogP contribution in [0.15, 0.2) is 24.3 Å². The number of rotatable bonds is 4. The van der Waals surface area contributed by atoms with Crippen LogP contribution in [0.3, 0.4) is 0 Å². The van der Waals surface area contributed by atoms with Crippen molar-refractivity contribution in [3.05, 3.63) is 29.8 Å². The SMILES string of the molecule is c1ccc(OC2CCCSC2)c(CC2CCNCC2)c1. The first kappa shape index (κ1) is 14.3. The van der Waals surface area contributed by atoms with Gasteiger partial charge in [0.1, 0.15) is 11.9 Å². The highest BCUT2D eigenvalue weighted by Crippen LogP contribution is 2.28. The van der Waals surface area contributed by atoms with Gasteiger partial charge < -0.3 is 10.1 Å². The molecule has 2 aliphatic rings. The third kappa shape index (κ3) is 3.92. The molecule has 0 spiro atoms. The lowest BCUT2D eigenvalue weighted by molar-refractivity contribution is 0.208. The molecule has 1 unspecified atom stereocenters. The molecule has 1 N–H and O–H groups in total. The molecule has 3 rings (SSSR count). The Hall–Kier alpha value is -0.670. The van der Waals surface area contributed by atoms with E-state index in [0.717, 1.165) is 17.4 Å². The molecule has 1 aromatic carbocycles. The zero-order chi connectivity index (χ0) is 13.6. The van der Waals surface area contributed by atoms with Crippen molar-refractivity contribution in [3.63, 3.8) is 0 Å². The quantitative estimate of drug-likeness (QED) is 0.917. The van der Waals surface area contributed by atoms with Crippen molar-refractivity contribution in [1.82, 2.24) is 5.32 Å². The van der Waals surface area contributed by atoms with Crippen molar-refractivity contribution in [2.75, 3.05) is 24.6 Å². The van der Waals surface area contributed by atoms with E-state index in [1.807, 2.05) is 11.8 Å². The van der Waals surface area contributed by atoms with Crippen LogP contribution in [0.2, 0.25) is 0 Å². The van der Waals surface area contributed by atoms with Gasteiger partial charge >= 0.3 is 0 Å². The van der Waals surface area contributed by atoms with E-state index in [1.54, 1.807) is 0 Å². The molecule has 0 radical (unpaired) electrons. The van der Waals surface area contributed by atoms with Gasteiger partial charge in [0.2, 0.25) is 0 Å². The van der Waals surface area contributed by atoms with Gasteiger partial charge in [0.25, 0.3) is 0 Å². The monoisotopic (exact) mass is 291 g/mol. The fraction of sp³-hybridized carbons (Fsp3) is 0.647. The standard InChI is InChI=1S/C17H25NOS/c1-2-6-17(19-16-5-3-11-20-13-16)15(4-1)12-14-7-9-18-10-8-14/h1-2,4,6,14,16,18H,3,5,7-13H2. The van der Waals surface area contributed by atoms with Gasteiger partial charge in [0.15, 0.2) is 0 Å². The Balaban J connectivity index is 1.63. The lowest BCUT2D eigenvalue weighted by atomic mass is 9.90. The summed E-state index contributed by atoms with van der Waals surface area (Å²) >= 11 is 2.03. The van der Waals surface area contributed by atoms with Crippen molar-refractivity contribution < 1.29 is 4.74 Å². The molecule has 0 saturated carbocycles. The average molecular weight is 291 g/mol. The zero-order valence-corrected chi connectivity index (χ0v) is 13.0. The lowest BCUT2D eigenvalue weighted by Gasteiger charge is -2.26. The summed E-state index contributed by atoms with van der Waals surface area (Å²) in [4.78, 5) is 0. The lowest BCUT2D eigenvalue weighted by Crippen LogP contribution is -2.29. The highest BCUT2D eigenvalue weighted by Gasteiger charge is 2.19. The molecule has 20 heavy (non-hydrogen) atoms. The van der Waals surface area contributed by atoms with Crippen LogP contribution in [0.1, 0.15) is 31.2 Å². The summed E-state index contributed by atoms with van der Waals surface area (Å²) in [5, 5.41) is 3.45. The zero-order valence-electron chi connectivity index (χ0n) is 12.1. The van der Waals surface area contributed by atoms with Crippen LogP contribution in [0, 0.1) is 5.92 Å². The number of ether oxygens (including phenoxy) is 1. The molecule has 0 bridgehead atoms. The molecule has 110 valence electrons. The second-order valence-corrected chi connectivity index (χ2v) is 7.11. The van der Waals surface area contributed by atoms with Crippen LogP contribution in [0.25, 0.3) is 0 Å². The summed E-state index contributed by atoms with van der Waals surface area (Å²) in [7, 11) is 0. The highest BCUT2D eigenvalue weighted by atomic mass is 32.2. The number of piperidine rings is 1. The molecule has 2 heterocycles. The number of hydrogen-bond acceptors (Lipinski definition) is 3. The van der Waals surface area contributed by atoms with E-state index in [1.165, 1.54) is 56.5 Å². The van der Waals surface area contributed by atoms with Crippen molar-refractivity contribution in [3.8, 4) is 5.75 Å². The van der Waals surface area contributed by atoms with E-state index < -0.39 is 0 Å². The molecule has 2 nitrogen and oxygen atoms in total. The second kappa shape index (κ2) is 7.37.